The fourth-order valence-corrected chi connectivity index (χ4v) is 3.60. The summed E-state index contributed by atoms with van der Waals surface area (Å²) in [5.41, 5.74) is 8.96. The van der Waals surface area contributed by atoms with Gasteiger partial charge in [-0.15, -0.1) is 11.3 Å². The maximum absolute atomic E-state index is 13.3. The number of aromatic nitrogens is 1. The van der Waals surface area contributed by atoms with Gasteiger partial charge in [-0.25, -0.2) is 9.37 Å². The number of rotatable bonds is 5. The summed E-state index contributed by atoms with van der Waals surface area (Å²) in [6, 6.07) is 22.9. The Hall–Kier alpha value is -3.31. The van der Waals surface area contributed by atoms with Crippen molar-refractivity contribution in [2.45, 2.75) is 6.92 Å². The summed E-state index contributed by atoms with van der Waals surface area (Å²) in [7, 11) is 0. The van der Waals surface area contributed by atoms with E-state index in [0.29, 0.717) is 0 Å². The van der Waals surface area contributed by atoms with Crippen LogP contribution < -0.4 is 5.43 Å². The predicted molar refractivity (Wildman–Crippen MR) is 115 cm³/mol. The van der Waals surface area contributed by atoms with Crippen LogP contribution in [0.3, 0.4) is 0 Å². The molecular formula is C23H18FN3S. The summed E-state index contributed by atoms with van der Waals surface area (Å²) in [4.78, 5) is 4.55. The summed E-state index contributed by atoms with van der Waals surface area (Å²) in [5, 5.41) is 7.02. The third kappa shape index (κ3) is 4.15. The Kier molecular flexibility index (Phi) is 5.26. The van der Waals surface area contributed by atoms with Crippen LogP contribution in [0.2, 0.25) is 0 Å². The van der Waals surface area contributed by atoms with Crippen LogP contribution in [0.4, 0.5) is 9.52 Å². The number of hydrogen-bond donors (Lipinski definition) is 1. The topological polar surface area (TPSA) is 37.3 Å². The summed E-state index contributed by atoms with van der Waals surface area (Å²) in [5.74, 6) is -0.214. The molecule has 4 aromatic rings. The normalized spacial score (nSPS) is 11.1. The molecule has 0 radical (unpaired) electrons. The number of nitrogens with zero attached hydrogens (tertiary/aromatic N) is 2. The fraction of sp³-hybridized carbons (Fsp3) is 0.0435. The number of hydrogen-bond acceptors (Lipinski definition) is 4. The fourth-order valence-electron chi connectivity index (χ4n) is 2.93. The van der Waals surface area contributed by atoms with Crippen molar-refractivity contribution in [3.8, 4) is 22.4 Å². The standard InChI is InChI=1S/C23H18FN3S/c1-16-13-20(24)11-12-21(16)18-9-7-17(8-10-18)14-25-27-23-26-22(15-28-23)19-5-3-2-4-6-19/h2-15H,1H3,(H,26,27). The van der Waals surface area contributed by atoms with E-state index < -0.39 is 0 Å². The van der Waals surface area contributed by atoms with Gasteiger partial charge in [-0.2, -0.15) is 5.10 Å². The summed E-state index contributed by atoms with van der Waals surface area (Å²) < 4.78 is 13.3. The van der Waals surface area contributed by atoms with Crippen LogP contribution in [0, 0.1) is 12.7 Å². The lowest BCUT2D eigenvalue weighted by molar-refractivity contribution is 0.627. The Morgan fingerprint density at radius 2 is 1.75 bits per heavy atom. The minimum Gasteiger partial charge on any atom is -0.253 e. The maximum atomic E-state index is 13.3. The molecule has 0 fully saturated rings. The van der Waals surface area contributed by atoms with E-state index >= 15 is 0 Å². The Morgan fingerprint density at radius 1 is 0.964 bits per heavy atom. The van der Waals surface area contributed by atoms with Crippen molar-refractivity contribution < 1.29 is 4.39 Å². The van der Waals surface area contributed by atoms with E-state index in [0.717, 1.165) is 38.6 Å². The molecule has 1 N–H and O–H groups in total. The molecule has 28 heavy (non-hydrogen) atoms. The minimum absolute atomic E-state index is 0.214. The van der Waals surface area contributed by atoms with Gasteiger partial charge in [-0.05, 0) is 41.3 Å². The maximum Gasteiger partial charge on any atom is 0.203 e. The molecule has 0 bridgehead atoms. The monoisotopic (exact) mass is 387 g/mol. The highest BCUT2D eigenvalue weighted by Crippen LogP contribution is 2.25. The lowest BCUT2D eigenvalue weighted by Gasteiger charge is -2.06. The van der Waals surface area contributed by atoms with E-state index in [-0.39, 0.29) is 5.82 Å². The van der Waals surface area contributed by atoms with Gasteiger partial charge in [0.05, 0.1) is 11.9 Å². The predicted octanol–water partition coefficient (Wildman–Crippen LogP) is 6.37. The van der Waals surface area contributed by atoms with E-state index in [1.54, 1.807) is 12.3 Å². The van der Waals surface area contributed by atoms with Gasteiger partial charge in [0.25, 0.3) is 0 Å². The molecule has 3 nitrogen and oxygen atoms in total. The Labute approximate surface area is 167 Å². The van der Waals surface area contributed by atoms with Crippen LogP contribution in [0.5, 0.6) is 0 Å². The van der Waals surface area contributed by atoms with E-state index in [2.05, 4.69) is 15.5 Å². The molecule has 0 unspecified atom stereocenters. The molecule has 1 heterocycles. The van der Waals surface area contributed by atoms with Crippen LogP contribution in [0.15, 0.2) is 83.3 Å². The molecule has 0 atom stereocenters. The highest BCUT2D eigenvalue weighted by Gasteiger charge is 2.04. The van der Waals surface area contributed by atoms with Crippen LogP contribution in [-0.2, 0) is 0 Å². The van der Waals surface area contributed by atoms with Crippen molar-refractivity contribution in [2.75, 3.05) is 5.43 Å². The average molecular weight is 387 g/mol. The summed E-state index contributed by atoms with van der Waals surface area (Å²) in [6.45, 7) is 1.91. The van der Waals surface area contributed by atoms with E-state index in [1.807, 2.05) is 73.0 Å². The lowest BCUT2D eigenvalue weighted by Crippen LogP contribution is -1.91. The van der Waals surface area contributed by atoms with Crippen molar-refractivity contribution in [1.29, 1.82) is 0 Å². The molecule has 4 rings (SSSR count). The number of anilines is 1. The SMILES string of the molecule is Cc1cc(F)ccc1-c1ccc(C=NNc2nc(-c3ccccc3)cs2)cc1. The molecule has 0 aliphatic heterocycles. The molecule has 0 saturated carbocycles. The second-order valence-corrected chi connectivity index (χ2v) is 7.21. The van der Waals surface area contributed by atoms with Crippen molar-refractivity contribution in [3.63, 3.8) is 0 Å². The Morgan fingerprint density at radius 3 is 2.50 bits per heavy atom. The highest BCUT2D eigenvalue weighted by atomic mass is 32.1. The molecule has 0 spiro atoms. The van der Waals surface area contributed by atoms with E-state index in [4.69, 9.17) is 0 Å². The van der Waals surface area contributed by atoms with Crippen LogP contribution >= 0.6 is 11.3 Å². The molecule has 0 aliphatic carbocycles. The zero-order chi connectivity index (χ0) is 19.3. The number of hydrazone groups is 1. The largest absolute Gasteiger partial charge is 0.253 e. The van der Waals surface area contributed by atoms with Crippen LogP contribution in [0.25, 0.3) is 22.4 Å². The molecule has 0 amide bonds. The van der Waals surface area contributed by atoms with Crippen molar-refractivity contribution >= 4 is 22.7 Å². The second-order valence-electron chi connectivity index (χ2n) is 6.36. The summed E-state index contributed by atoms with van der Waals surface area (Å²) in [6.07, 6.45) is 1.75. The zero-order valence-corrected chi connectivity index (χ0v) is 16.1. The number of benzene rings is 3. The Bertz CT molecular complexity index is 1100. The number of thiazole rings is 1. The quantitative estimate of drug-likeness (QED) is 0.319. The first-order valence-corrected chi connectivity index (χ1v) is 9.73. The number of nitrogens with one attached hydrogen (secondary N) is 1. The second kappa shape index (κ2) is 8.15. The Balaban J connectivity index is 1.42. The molecule has 3 aromatic carbocycles. The first kappa shape index (κ1) is 18.1. The first-order chi connectivity index (χ1) is 13.7. The van der Waals surface area contributed by atoms with Gasteiger partial charge in [-0.1, -0.05) is 60.7 Å². The van der Waals surface area contributed by atoms with Gasteiger partial charge < -0.3 is 0 Å². The minimum atomic E-state index is -0.214. The summed E-state index contributed by atoms with van der Waals surface area (Å²) >= 11 is 1.52. The van der Waals surface area contributed by atoms with Gasteiger partial charge >= 0.3 is 0 Å². The van der Waals surface area contributed by atoms with Crippen molar-refractivity contribution in [3.05, 3.63) is 95.1 Å². The van der Waals surface area contributed by atoms with Gasteiger partial charge in [0.1, 0.15) is 5.82 Å². The van der Waals surface area contributed by atoms with Gasteiger partial charge in [-0.3, -0.25) is 5.43 Å². The van der Waals surface area contributed by atoms with Crippen molar-refractivity contribution in [1.82, 2.24) is 4.98 Å². The first-order valence-electron chi connectivity index (χ1n) is 8.86. The molecular weight excluding hydrogens is 369 g/mol. The van der Waals surface area contributed by atoms with Gasteiger partial charge in [0, 0.05) is 10.9 Å². The smallest absolute Gasteiger partial charge is 0.203 e. The lowest BCUT2D eigenvalue weighted by atomic mass is 9.99. The molecule has 0 aliphatic rings. The third-order valence-electron chi connectivity index (χ3n) is 4.36. The van der Waals surface area contributed by atoms with Crippen LogP contribution in [0.1, 0.15) is 11.1 Å². The average Bonchev–Trinajstić information content (AvgIpc) is 3.18. The zero-order valence-electron chi connectivity index (χ0n) is 15.3. The highest BCUT2D eigenvalue weighted by molar-refractivity contribution is 7.14. The molecule has 138 valence electrons. The van der Waals surface area contributed by atoms with E-state index in [9.17, 15) is 4.39 Å². The van der Waals surface area contributed by atoms with E-state index in [1.165, 1.54) is 17.4 Å². The van der Waals surface area contributed by atoms with Gasteiger partial charge in [0.2, 0.25) is 5.13 Å². The number of aryl methyl sites for hydroxylation is 1. The van der Waals surface area contributed by atoms with Crippen molar-refractivity contribution in [2.24, 2.45) is 5.10 Å². The van der Waals surface area contributed by atoms with Gasteiger partial charge in [0.15, 0.2) is 0 Å². The molecule has 1 aromatic heterocycles. The molecule has 0 saturated heterocycles. The molecule has 5 heteroatoms. The number of halogens is 1. The third-order valence-corrected chi connectivity index (χ3v) is 5.10. The van der Waals surface area contributed by atoms with Crippen LogP contribution in [-0.4, -0.2) is 11.2 Å².